The van der Waals surface area contributed by atoms with Crippen molar-refractivity contribution in [2.24, 2.45) is 0 Å². The highest BCUT2D eigenvalue weighted by atomic mass is 16.7. The van der Waals surface area contributed by atoms with Crippen LogP contribution in [0.4, 0.5) is 0 Å². The number of ether oxygens (including phenoxy) is 2. The average molecular weight is 338 g/mol. The molecule has 2 aromatic rings. The molecule has 1 unspecified atom stereocenters. The normalized spacial score (nSPS) is 19.4. The van der Waals surface area contributed by atoms with E-state index in [4.69, 9.17) is 14.6 Å². The Morgan fingerprint density at radius 2 is 1.80 bits per heavy atom. The molecular weight excluding hydrogens is 320 g/mol. The van der Waals surface area contributed by atoms with Crippen molar-refractivity contribution in [2.75, 3.05) is 7.11 Å². The molecule has 3 rings (SSSR count). The lowest BCUT2D eigenvalue weighted by molar-refractivity contribution is -0.190. The molecule has 1 N–H and O–H groups in total. The Balaban J connectivity index is 1.83. The molecule has 0 saturated heterocycles. The van der Waals surface area contributed by atoms with E-state index in [1.165, 1.54) is 13.4 Å². The molecule has 1 aliphatic rings. The Labute approximate surface area is 145 Å². The number of benzene rings is 2. The summed E-state index contributed by atoms with van der Waals surface area (Å²) in [5.41, 5.74) is 2.67. The number of rotatable bonds is 6. The summed E-state index contributed by atoms with van der Waals surface area (Å²) in [6, 6.07) is 16.3. The van der Waals surface area contributed by atoms with Crippen molar-refractivity contribution in [1.82, 2.24) is 0 Å². The number of ketones is 1. The summed E-state index contributed by atoms with van der Waals surface area (Å²) in [7, 11) is 1.44. The molecule has 0 amide bonds. The van der Waals surface area contributed by atoms with Gasteiger partial charge in [0.15, 0.2) is 0 Å². The Kier molecular flexibility index (Phi) is 4.67. The first kappa shape index (κ1) is 16.9. The van der Waals surface area contributed by atoms with Crippen LogP contribution in [0.2, 0.25) is 0 Å². The summed E-state index contributed by atoms with van der Waals surface area (Å²) in [6.45, 7) is 0. The summed E-state index contributed by atoms with van der Waals surface area (Å²) < 4.78 is 11.1. The van der Waals surface area contributed by atoms with Crippen molar-refractivity contribution in [3.05, 3.63) is 77.5 Å². The van der Waals surface area contributed by atoms with Crippen LogP contribution in [0.5, 0.6) is 0 Å². The van der Waals surface area contributed by atoms with Crippen LogP contribution in [0.25, 0.3) is 5.57 Å². The maximum atomic E-state index is 13.0. The zero-order chi connectivity index (χ0) is 17.9. The number of hydrogen-bond donors (Lipinski definition) is 1. The second-order valence-electron chi connectivity index (χ2n) is 5.76. The van der Waals surface area contributed by atoms with E-state index in [1.54, 1.807) is 24.3 Å². The maximum absolute atomic E-state index is 13.0. The second kappa shape index (κ2) is 6.91. The van der Waals surface area contributed by atoms with Gasteiger partial charge in [-0.25, -0.2) is 0 Å². The van der Waals surface area contributed by atoms with Crippen LogP contribution in [-0.4, -0.2) is 24.0 Å². The summed E-state index contributed by atoms with van der Waals surface area (Å²) in [6.07, 6.45) is 1.95. The number of hydrogen-bond acceptors (Lipinski definition) is 4. The summed E-state index contributed by atoms with van der Waals surface area (Å²) in [5.74, 6) is -2.56. The van der Waals surface area contributed by atoms with Crippen LogP contribution in [0.15, 0.2) is 60.9 Å². The summed E-state index contributed by atoms with van der Waals surface area (Å²) in [5, 5.41) is 8.75. The Bertz CT molecular complexity index is 808. The molecule has 5 nitrogen and oxygen atoms in total. The highest BCUT2D eigenvalue weighted by Gasteiger charge is 2.48. The minimum absolute atomic E-state index is 0.0743. The van der Waals surface area contributed by atoms with Crippen LogP contribution >= 0.6 is 0 Å². The summed E-state index contributed by atoms with van der Waals surface area (Å²) >= 11 is 0. The van der Waals surface area contributed by atoms with Gasteiger partial charge in [-0.3, -0.25) is 9.59 Å². The fourth-order valence-corrected chi connectivity index (χ4v) is 2.84. The van der Waals surface area contributed by atoms with Gasteiger partial charge in [0.05, 0.1) is 11.8 Å². The van der Waals surface area contributed by atoms with Crippen molar-refractivity contribution >= 4 is 17.3 Å². The van der Waals surface area contributed by atoms with Crippen LogP contribution in [-0.2, 0) is 31.3 Å². The van der Waals surface area contributed by atoms with E-state index in [0.29, 0.717) is 23.1 Å². The zero-order valence-corrected chi connectivity index (χ0v) is 13.8. The maximum Gasteiger partial charge on any atom is 0.303 e. The van der Waals surface area contributed by atoms with Gasteiger partial charge >= 0.3 is 11.8 Å². The predicted molar refractivity (Wildman–Crippen MR) is 91.6 cm³/mol. The lowest BCUT2D eigenvalue weighted by Gasteiger charge is -2.25. The Morgan fingerprint density at radius 3 is 2.40 bits per heavy atom. The van der Waals surface area contributed by atoms with Gasteiger partial charge in [0.1, 0.15) is 0 Å². The number of aryl methyl sites for hydroxylation is 1. The largest absolute Gasteiger partial charge is 0.481 e. The van der Waals surface area contributed by atoms with Gasteiger partial charge in [0.25, 0.3) is 0 Å². The fraction of sp³-hybridized carbons (Fsp3) is 0.200. The fourth-order valence-electron chi connectivity index (χ4n) is 2.84. The SMILES string of the molecule is COC1(c2ccccc2)OC=C(c2ccc(CCC(=O)O)cc2)C1=O. The molecule has 1 heterocycles. The molecule has 0 radical (unpaired) electrons. The molecule has 0 fully saturated rings. The third-order valence-electron chi connectivity index (χ3n) is 4.22. The highest BCUT2D eigenvalue weighted by molar-refractivity contribution is 6.25. The van der Waals surface area contributed by atoms with Crippen molar-refractivity contribution in [1.29, 1.82) is 0 Å². The lowest BCUT2D eigenvalue weighted by atomic mass is 9.93. The van der Waals surface area contributed by atoms with Gasteiger partial charge in [-0.2, -0.15) is 0 Å². The van der Waals surface area contributed by atoms with Crippen LogP contribution < -0.4 is 0 Å². The van der Waals surface area contributed by atoms with Gasteiger partial charge in [0.2, 0.25) is 5.78 Å². The average Bonchev–Trinajstić information content (AvgIpc) is 2.98. The number of carbonyl (C=O) groups is 2. The Hall–Kier alpha value is -2.92. The summed E-state index contributed by atoms with van der Waals surface area (Å²) in [4.78, 5) is 23.6. The zero-order valence-electron chi connectivity index (χ0n) is 13.8. The molecule has 0 saturated carbocycles. The molecule has 1 aliphatic heterocycles. The standard InChI is InChI=1S/C20H18O5/c1-24-20(16-5-3-2-4-6-16)19(23)17(13-25-20)15-10-7-14(8-11-15)9-12-18(21)22/h2-8,10-11,13H,9,12H2,1H3,(H,21,22). The molecule has 5 heteroatoms. The topological polar surface area (TPSA) is 72.8 Å². The number of carbonyl (C=O) groups excluding carboxylic acids is 1. The van der Waals surface area contributed by atoms with E-state index in [9.17, 15) is 9.59 Å². The van der Waals surface area contributed by atoms with Gasteiger partial charge < -0.3 is 14.6 Å². The third-order valence-corrected chi connectivity index (χ3v) is 4.22. The molecule has 0 spiro atoms. The van der Waals surface area contributed by atoms with E-state index in [0.717, 1.165) is 5.56 Å². The smallest absolute Gasteiger partial charge is 0.303 e. The first-order valence-corrected chi connectivity index (χ1v) is 7.91. The van der Waals surface area contributed by atoms with Crippen LogP contribution in [0.3, 0.4) is 0 Å². The monoisotopic (exact) mass is 338 g/mol. The molecular formula is C20H18O5. The minimum atomic E-state index is -1.46. The Morgan fingerprint density at radius 1 is 1.12 bits per heavy atom. The van der Waals surface area contributed by atoms with E-state index in [-0.39, 0.29) is 12.2 Å². The van der Waals surface area contributed by atoms with Gasteiger partial charge in [-0.05, 0) is 17.5 Å². The number of Topliss-reactive ketones (excluding diaryl/α,β-unsaturated/α-hetero) is 1. The van der Waals surface area contributed by atoms with Crippen molar-refractivity contribution < 1.29 is 24.2 Å². The van der Waals surface area contributed by atoms with Crippen molar-refractivity contribution in [3.63, 3.8) is 0 Å². The number of methoxy groups -OCH3 is 1. The molecule has 0 aliphatic carbocycles. The van der Waals surface area contributed by atoms with Gasteiger partial charge in [-0.1, -0.05) is 54.6 Å². The van der Waals surface area contributed by atoms with E-state index in [1.807, 2.05) is 30.3 Å². The number of carboxylic acids is 1. The molecule has 25 heavy (non-hydrogen) atoms. The van der Waals surface area contributed by atoms with Crippen molar-refractivity contribution in [3.8, 4) is 0 Å². The first-order valence-electron chi connectivity index (χ1n) is 7.91. The highest BCUT2D eigenvalue weighted by Crippen LogP contribution is 2.39. The second-order valence-corrected chi connectivity index (χ2v) is 5.76. The predicted octanol–water partition coefficient (Wildman–Crippen LogP) is 3.14. The molecule has 2 aromatic carbocycles. The van der Waals surface area contributed by atoms with E-state index >= 15 is 0 Å². The lowest BCUT2D eigenvalue weighted by Crippen LogP contribution is -2.36. The van der Waals surface area contributed by atoms with E-state index < -0.39 is 11.8 Å². The van der Waals surface area contributed by atoms with Crippen LogP contribution in [0.1, 0.15) is 23.1 Å². The molecule has 0 bridgehead atoms. The first-order chi connectivity index (χ1) is 12.1. The van der Waals surface area contributed by atoms with Crippen LogP contribution in [0, 0.1) is 0 Å². The van der Waals surface area contributed by atoms with Crippen molar-refractivity contribution in [2.45, 2.75) is 18.6 Å². The quantitative estimate of drug-likeness (QED) is 0.876. The minimum Gasteiger partial charge on any atom is -0.481 e. The number of aliphatic carboxylic acids is 1. The number of carboxylic acid groups (broad SMARTS) is 1. The van der Waals surface area contributed by atoms with Gasteiger partial charge in [0, 0.05) is 19.1 Å². The third kappa shape index (κ3) is 3.19. The van der Waals surface area contributed by atoms with Gasteiger partial charge in [-0.15, -0.1) is 0 Å². The van der Waals surface area contributed by atoms with E-state index in [2.05, 4.69) is 0 Å². The molecule has 1 atom stereocenters. The molecule has 128 valence electrons. The molecule has 0 aromatic heterocycles.